The van der Waals surface area contributed by atoms with Gasteiger partial charge in [0, 0.05) is 32.9 Å². The standard InChI is InChI=1S/C18H23N3O3/c1-4-12-5-6-14-13(11-12)18(16(23)20(14)2)19-17(15(22)21(18)3)7-9-24-10-8-17/h5-6,11,19H,4,7-10H2,1-3H3. The Kier molecular flexibility index (Phi) is 3.27. The highest BCUT2D eigenvalue weighted by Crippen LogP contribution is 2.48. The summed E-state index contributed by atoms with van der Waals surface area (Å²) in [6.07, 6.45) is 2.08. The van der Waals surface area contributed by atoms with Crippen LogP contribution in [0.2, 0.25) is 0 Å². The zero-order valence-electron chi connectivity index (χ0n) is 14.4. The van der Waals surface area contributed by atoms with Gasteiger partial charge >= 0.3 is 0 Å². The predicted octanol–water partition coefficient (Wildman–Crippen LogP) is 0.989. The second-order valence-electron chi connectivity index (χ2n) is 6.96. The Morgan fingerprint density at radius 2 is 1.88 bits per heavy atom. The van der Waals surface area contributed by atoms with Crippen LogP contribution in [0.5, 0.6) is 0 Å². The second kappa shape index (κ2) is 5.04. The highest BCUT2D eigenvalue weighted by Gasteiger charge is 2.65. The van der Waals surface area contributed by atoms with Crippen LogP contribution in [0.25, 0.3) is 0 Å². The first-order chi connectivity index (χ1) is 11.5. The molecule has 2 saturated heterocycles. The number of likely N-dealkylation sites (N-methyl/N-ethyl adjacent to an activating group) is 2. The van der Waals surface area contributed by atoms with Gasteiger partial charge in [0.2, 0.25) is 11.6 Å². The van der Waals surface area contributed by atoms with E-state index in [1.807, 2.05) is 12.1 Å². The van der Waals surface area contributed by atoms with E-state index < -0.39 is 11.2 Å². The summed E-state index contributed by atoms with van der Waals surface area (Å²) in [6.45, 7) is 3.16. The Morgan fingerprint density at radius 1 is 1.17 bits per heavy atom. The highest BCUT2D eigenvalue weighted by atomic mass is 16.5. The van der Waals surface area contributed by atoms with Gasteiger partial charge in [-0.1, -0.05) is 13.0 Å². The van der Waals surface area contributed by atoms with Crippen LogP contribution in [0.15, 0.2) is 18.2 Å². The van der Waals surface area contributed by atoms with Gasteiger partial charge < -0.3 is 14.5 Å². The summed E-state index contributed by atoms with van der Waals surface area (Å²) >= 11 is 0. The fourth-order valence-corrected chi connectivity index (χ4v) is 4.31. The Balaban J connectivity index is 1.89. The summed E-state index contributed by atoms with van der Waals surface area (Å²) in [5.74, 6) is -0.104. The number of carbonyl (C=O) groups is 2. The van der Waals surface area contributed by atoms with E-state index in [-0.39, 0.29) is 11.8 Å². The number of nitrogens with zero attached hydrogens (tertiary/aromatic N) is 2. The van der Waals surface area contributed by atoms with Gasteiger partial charge in [-0.15, -0.1) is 0 Å². The number of nitrogens with one attached hydrogen (secondary N) is 1. The van der Waals surface area contributed by atoms with Crippen molar-refractivity contribution >= 4 is 17.5 Å². The predicted molar refractivity (Wildman–Crippen MR) is 89.6 cm³/mol. The molecule has 1 unspecified atom stereocenters. The molecule has 1 aromatic carbocycles. The van der Waals surface area contributed by atoms with Crippen molar-refractivity contribution in [3.05, 3.63) is 29.3 Å². The second-order valence-corrected chi connectivity index (χ2v) is 6.96. The third kappa shape index (κ3) is 1.73. The van der Waals surface area contributed by atoms with Crippen LogP contribution in [0.3, 0.4) is 0 Å². The van der Waals surface area contributed by atoms with Gasteiger partial charge in [0.15, 0.2) is 0 Å². The summed E-state index contributed by atoms with van der Waals surface area (Å²) in [7, 11) is 3.51. The van der Waals surface area contributed by atoms with Gasteiger partial charge in [-0.3, -0.25) is 14.9 Å². The maximum Gasteiger partial charge on any atom is 0.272 e. The molecule has 2 fully saturated rings. The van der Waals surface area contributed by atoms with Gasteiger partial charge in [0.1, 0.15) is 5.54 Å². The van der Waals surface area contributed by atoms with E-state index in [1.165, 1.54) is 0 Å². The molecular formula is C18H23N3O3. The molecule has 4 rings (SSSR count). The molecule has 0 radical (unpaired) electrons. The molecular weight excluding hydrogens is 306 g/mol. The van der Waals surface area contributed by atoms with E-state index in [4.69, 9.17) is 4.74 Å². The lowest BCUT2D eigenvalue weighted by atomic mass is 9.89. The average molecular weight is 329 g/mol. The molecule has 0 aliphatic carbocycles. The van der Waals surface area contributed by atoms with Gasteiger partial charge in [-0.25, -0.2) is 0 Å². The Morgan fingerprint density at radius 3 is 2.54 bits per heavy atom. The fourth-order valence-electron chi connectivity index (χ4n) is 4.31. The fraction of sp³-hybridized carbons (Fsp3) is 0.556. The van der Waals surface area contributed by atoms with Crippen LogP contribution < -0.4 is 10.2 Å². The molecule has 0 saturated carbocycles. The first kappa shape index (κ1) is 15.6. The monoisotopic (exact) mass is 329 g/mol. The van der Waals surface area contributed by atoms with Crippen molar-refractivity contribution in [3.8, 4) is 0 Å². The number of rotatable bonds is 1. The van der Waals surface area contributed by atoms with Crippen molar-refractivity contribution in [3.63, 3.8) is 0 Å². The molecule has 6 nitrogen and oxygen atoms in total. The van der Waals surface area contributed by atoms with Crippen molar-refractivity contribution < 1.29 is 14.3 Å². The van der Waals surface area contributed by atoms with Crippen molar-refractivity contribution in [1.29, 1.82) is 0 Å². The largest absolute Gasteiger partial charge is 0.381 e. The molecule has 3 aliphatic heterocycles. The van der Waals surface area contributed by atoms with Crippen LogP contribution in [0.4, 0.5) is 5.69 Å². The SMILES string of the molecule is CCc1ccc2c(c1)C1(NC3(CCOCC3)C(=O)N1C)C(=O)N2C. The molecule has 6 heteroatoms. The molecule has 1 atom stereocenters. The summed E-state index contributed by atoms with van der Waals surface area (Å²) in [5.41, 5.74) is 1.12. The van der Waals surface area contributed by atoms with Crippen LogP contribution in [0.1, 0.15) is 30.9 Å². The normalized spacial score (nSPS) is 28.3. The average Bonchev–Trinajstić information content (AvgIpc) is 2.95. The van der Waals surface area contributed by atoms with E-state index >= 15 is 0 Å². The first-order valence-electron chi connectivity index (χ1n) is 8.53. The van der Waals surface area contributed by atoms with Gasteiger partial charge in [-0.05, 0) is 37.0 Å². The number of aryl methyl sites for hydroxylation is 1. The van der Waals surface area contributed by atoms with E-state index in [0.717, 1.165) is 23.2 Å². The Labute approximate surface area is 141 Å². The number of hydrogen-bond acceptors (Lipinski definition) is 4. The van der Waals surface area contributed by atoms with E-state index in [0.29, 0.717) is 26.1 Å². The lowest BCUT2D eigenvalue weighted by Crippen LogP contribution is -2.58. The first-order valence-corrected chi connectivity index (χ1v) is 8.53. The lowest BCUT2D eigenvalue weighted by Gasteiger charge is -2.33. The Hall–Kier alpha value is -1.92. The topological polar surface area (TPSA) is 61.9 Å². The maximum absolute atomic E-state index is 13.2. The van der Waals surface area contributed by atoms with Gasteiger partial charge in [0.05, 0.1) is 5.69 Å². The van der Waals surface area contributed by atoms with Crippen molar-refractivity contribution in [2.45, 2.75) is 37.4 Å². The number of anilines is 1. The number of ether oxygens (including phenoxy) is 1. The molecule has 24 heavy (non-hydrogen) atoms. The van der Waals surface area contributed by atoms with Crippen LogP contribution in [-0.4, -0.2) is 49.6 Å². The zero-order valence-corrected chi connectivity index (χ0v) is 14.4. The number of amides is 2. The van der Waals surface area contributed by atoms with Crippen molar-refractivity contribution in [2.24, 2.45) is 0 Å². The third-order valence-corrected chi connectivity index (χ3v) is 5.82. The molecule has 2 amide bonds. The van der Waals surface area contributed by atoms with Crippen LogP contribution in [-0.2, 0) is 26.4 Å². The minimum atomic E-state index is -1.09. The molecule has 3 aliphatic rings. The quantitative estimate of drug-likeness (QED) is 0.835. The molecule has 2 spiro atoms. The van der Waals surface area contributed by atoms with Gasteiger partial charge in [-0.2, -0.15) is 0 Å². The van der Waals surface area contributed by atoms with Crippen molar-refractivity contribution in [1.82, 2.24) is 10.2 Å². The Bertz CT molecular complexity index is 726. The van der Waals surface area contributed by atoms with E-state index in [1.54, 1.807) is 23.9 Å². The van der Waals surface area contributed by atoms with Crippen LogP contribution >= 0.6 is 0 Å². The van der Waals surface area contributed by atoms with Crippen LogP contribution in [0, 0.1) is 0 Å². The molecule has 0 aromatic heterocycles. The summed E-state index contributed by atoms with van der Waals surface area (Å²) in [5, 5.41) is 3.47. The van der Waals surface area contributed by atoms with Gasteiger partial charge in [0.25, 0.3) is 5.91 Å². The summed E-state index contributed by atoms with van der Waals surface area (Å²) in [4.78, 5) is 29.6. The van der Waals surface area contributed by atoms with Crippen molar-refractivity contribution in [2.75, 3.05) is 32.2 Å². The smallest absolute Gasteiger partial charge is 0.272 e. The minimum Gasteiger partial charge on any atom is -0.381 e. The minimum absolute atomic E-state index is 0.0118. The van der Waals surface area contributed by atoms with E-state index in [9.17, 15) is 9.59 Å². The number of hydrogen-bond donors (Lipinski definition) is 1. The maximum atomic E-state index is 13.2. The summed E-state index contributed by atoms with van der Waals surface area (Å²) < 4.78 is 5.44. The van der Waals surface area contributed by atoms with E-state index in [2.05, 4.69) is 18.3 Å². The molecule has 1 aromatic rings. The number of fused-ring (bicyclic) bond motifs is 2. The summed E-state index contributed by atoms with van der Waals surface area (Å²) in [6, 6.07) is 6.09. The highest BCUT2D eigenvalue weighted by molar-refractivity contribution is 6.11. The molecule has 128 valence electrons. The molecule has 1 N–H and O–H groups in total. The third-order valence-electron chi connectivity index (χ3n) is 5.82. The number of benzene rings is 1. The lowest BCUT2D eigenvalue weighted by molar-refractivity contribution is -0.140. The number of carbonyl (C=O) groups excluding carboxylic acids is 2. The zero-order chi connectivity index (χ0) is 17.1. The molecule has 3 heterocycles. The molecule has 0 bridgehead atoms.